The van der Waals surface area contributed by atoms with Gasteiger partial charge in [-0.05, 0) is 96.1 Å². The molecule has 314 valence electrons. The fraction of sp³-hybridized carbons (Fsp3) is 0.208. The molecule has 10 heteroatoms. The molecule has 3 fully saturated rings. The van der Waals surface area contributed by atoms with E-state index in [9.17, 15) is 14.7 Å². The van der Waals surface area contributed by atoms with Crippen molar-refractivity contribution < 1.29 is 33.8 Å². The Morgan fingerprint density at radius 3 is 2.24 bits per heavy atom. The smallest absolute Gasteiger partial charge is 0.260 e. The number of imide groups is 2. The molecular weight excluding hydrogens is 791 g/mol. The van der Waals surface area contributed by atoms with Gasteiger partial charge in [-0.3, -0.25) is 29.5 Å². The first-order valence-corrected chi connectivity index (χ1v) is 21.2. The van der Waals surface area contributed by atoms with Crippen LogP contribution in [-0.4, -0.2) is 48.0 Å². The summed E-state index contributed by atoms with van der Waals surface area (Å²) in [5, 5.41) is 14.8. The lowest BCUT2D eigenvalue weighted by Gasteiger charge is -2.51. The van der Waals surface area contributed by atoms with E-state index in [2.05, 4.69) is 5.43 Å². The van der Waals surface area contributed by atoms with E-state index in [1.807, 2.05) is 140 Å². The summed E-state index contributed by atoms with van der Waals surface area (Å²) in [6.07, 6.45) is 6.25. The zero-order valence-corrected chi connectivity index (χ0v) is 35.0. The van der Waals surface area contributed by atoms with Gasteiger partial charge in [-0.15, -0.1) is 0 Å². The number of phenolic OH excluding ortho intramolecular Hbond substituents is 1. The first-order valence-electron chi connectivity index (χ1n) is 21.2. The van der Waals surface area contributed by atoms with Crippen molar-refractivity contribution in [1.82, 2.24) is 5.01 Å². The van der Waals surface area contributed by atoms with Gasteiger partial charge in [0, 0.05) is 17.0 Å². The Kier molecular flexibility index (Phi) is 9.74. The predicted molar refractivity (Wildman–Crippen MR) is 242 cm³/mol. The molecule has 10 rings (SSSR count). The molecule has 6 atom stereocenters. The predicted octanol–water partition coefficient (Wildman–Crippen LogP) is 9.23. The van der Waals surface area contributed by atoms with E-state index in [4.69, 9.17) is 9.47 Å². The van der Waals surface area contributed by atoms with Gasteiger partial charge in [-0.25, -0.2) is 0 Å². The molecule has 63 heavy (non-hydrogen) atoms. The number of phenols is 1. The van der Waals surface area contributed by atoms with E-state index in [0.717, 1.165) is 38.0 Å². The number of nitrogens with one attached hydrogen (secondary N) is 1. The van der Waals surface area contributed by atoms with Crippen LogP contribution in [-0.2, 0) is 24.6 Å². The lowest BCUT2D eigenvalue weighted by atomic mass is 9.48. The van der Waals surface area contributed by atoms with E-state index in [-0.39, 0.29) is 30.4 Å². The van der Waals surface area contributed by atoms with Crippen molar-refractivity contribution in [3.8, 4) is 17.2 Å². The molecule has 6 unspecified atom stereocenters. The van der Waals surface area contributed by atoms with Gasteiger partial charge < -0.3 is 14.6 Å². The molecule has 2 saturated heterocycles. The molecule has 6 aromatic carbocycles. The maximum Gasteiger partial charge on any atom is 0.260 e. The number of aryl methyl sites for hydroxylation is 1. The van der Waals surface area contributed by atoms with Crippen LogP contribution in [0.3, 0.4) is 0 Å². The molecule has 2 aliphatic carbocycles. The van der Waals surface area contributed by atoms with Crippen LogP contribution in [0.1, 0.15) is 46.6 Å². The number of benzene rings is 6. The quantitative estimate of drug-likeness (QED) is 0.0840. The van der Waals surface area contributed by atoms with Crippen LogP contribution in [0.15, 0.2) is 145 Å². The number of nitrogens with zero attached hydrogens (tertiary/aromatic N) is 2. The third-order valence-corrected chi connectivity index (χ3v) is 13.7. The Bertz CT molecular complexity index is 2890. The van der Waals surface area contributed by atoms with Gasteiger partial charge in [-0.1, -0.05) is 114 Å². The second kappa shape index (κ2) is 15.5. The fourth-order valence-electron chi connectivity index (χ4n) is 10.8. The van der Waals surface area contributed by atoms with Crippen molar-refractivity contribution in [2.24, 2.45) is 23.7 Å². The maximum atomic E-state index is 15.6. The van der Waals surface area contributed by atoms with Gasteiger partial charge >= 0.3 is 0 Å². The highest BCUT2D eigenvalue weighted by Gasteiger charge is 2.71. The molecule has 0 aromatic heterocycles. The fourth-order valence-corrected chi connectivity index (χ4v) is 10.8. The molecule has 4 aliphatic rings. The van der Waals surface area contributed by atoms with Crippen LogP contribution in [0.25, 0.3) is 22.9 Å². The van der Waals surface area contributed by atoms with Gasteiger partial charge in [0.15, 0.2) is 0 Å². The highest BCUT2D eigenvalue weighted by Crippen LogP contribution is 2.65. The molecule has 2 N–H and O–H groups in total. The van der Waals surface area contributed by atoms with E-state index >= 15 is 9.59 Å². The molecule has 2 aliphatic heterocycles. The molecule has 1 saturated carbocycles. The lowest BCUT2D eigenvalue weighted by Crippen LogP contribution is -2.53. The summed E-state index contributed by atoms with van der Waals surface area (Å²) in [6, 6.07) is 40.8. The van der Waals surface area contributed by atoms with E-state index in [1.54, 1.807) is 32.4 Å². The Labute approximate surface area is 365 Å². The summed E-state index contributed by atoms with van der Waals surface area (Å²) >= 11 is 0. The van der Waals surface area contributed by atoms with E-state index < -0.39 is 46.8 Å². The van der Waals surface area contributed by atoms with Gasteiger partial charge in [0.05, 0.1) is 48.8 Å². The number of aromatic hydroxyl groups is 1. The van der Waals surface area contributed by atoms with Gasteiger partial charge in [0.2, 0.25) is 11.8 Å². The molecule has 10 nitrogen and oxygen atoms in total. The van der Waals surface area contributed by atoms with E-state index in [1.165, 1.54) is 4.90 Å². The number of hydrazine groups is 1. The first-order chi connectivity index (χ1) is 30.6. The number of fused-ring (bicyclic) bond motifs is 5. The number of carbonyl (C=O) groups excluding carboxylic acids is 4. The van der Waals surface area contributed by atoms with Crippen LogP contribution >= 0.6 is 0 Å². The minimum absolute atomic E-state index is 0.0175. The number of carbonyl (C=O) groups is 4. The Hall–Kier alpha value is -7.46. The van der Waals surface area contributed by atoms with Crippen molar-refractivity contribution in [3.05, 3.63) is 173 Å². The van der Waals surface area contributed by atoms with Crippen molar-refractivity contribution in [1.29, 1.82) is 0 Å². The topological polar surface area (TPSA) is 125 Å². The summed E-state index contributed by atoms with van der Waals surface area (Å²) in [7, 11) is 3.22. The Morgan fingerprint density at radius 2 is 1.49 bits per heavy atom. The second-order valence-electron chi connectivity index (χ2n) is 16.9. The zero-order valence-electron chi connectivity index (χ0n) is 35.0. The summed E-state index contributed by atoms with van der Waals surface area (Å²) in [5.74, 6) is -4.05. The number of methoxy groups -OCH3 is 2. The number of rotatable bonds is 9. The standard InChI is InChI=1S/C53H45N3O7/c1-31-13-20-36(21-14-31)54-56-50(59)43-30-42-40(48(53(43,52(56)61)35-10-5-4-6-11-35)47-39-12-8-7-9-33(39)19-27-44(47)57)25-26-41-46(42)51(60)55(49(41)58)37-22-16-32(17-23-37)15-18-34-29-38(62-2)24-28-45(34)63-3/h4-25,27-29,41-43,46,48,54,57H,26,30H2,1-3H3. The van der Waals surface area contributed by atoms with Crippen LogP contribution in [0.5, 0.6) is 17.2 Å². The number of allylic oxidation sites excluding steroid dienone is 2. The van der Waals surface area contributed by atoms with E-state index in [0.29, 0.717) is 34.0 Å². The average molecular weight is 836 g/mol. The van der Waals surface area contributed by atoms with Gasteiger partial charge in [-0.2, -0.15) is 5.01 Å². The van der Waals surface area contributed by atoms with Crippen molar-refractivity contribution >= 4 is 57.9 Å². The summed E-state index contributed by atoms with van der Waals surface area (Å²) in [6.45, 7) is 1.96. The maximum absolute atomic E-state index is 15.6. The highest BCUT2D eigenvalue weighted by atomic mass is 16.5. The number of anilines is 2. The molecule has 6 aromatic rings. The summed E-state index contributed by atoms with van der Waals surface area (Å²) in [4.78, 5) is 61.6. The van der Waals surface area contributed by atoms with Crippen LogP contribution < -0.4 is 19.8 Å². The Morgan fingerprint density at radius 1 is 0.746 bits per heavy atom. The molecule has 0 spiro atoms. The molecular formula is C53H45N3O7. The second-order valence-corrected chi connectivity index (χ2v) is 16.9. The monoisotopic (exact) mass is 835 g/mol. The molecule has 0 bridgehead atoms. The minimum Gasteiger partial charge on any atom is -0.508 e. The van der Waals surface area contributed by atoms with Crippen molar-refractivity contribution in [2.45, 2.75) is 31.1 Å². The average Bonchev–Trinajstić information content (AvgIpc) is 3.69. The van der Waals surface area contributed by atoms with Crippen LogP contribution in [0.2, 0.25) is 0 Å². The van der Waals surface area contributed by atoms with Crippen molar-refractivity contribution in [2.75, 3.05) is 24.5 Å². The summed E-state index contributed by atoms with van der Waals surface area (Å²) < 4.78 is 10.9. The number of hydrogen-bond donors (Lipinski definition) is 2. The highest BCUT2D eigenvalue weighted by molar-refractivity contribution is 6.22. The van der Waals surface area contributed by atoms with Gasteiger partial charge in [0.1, 0.15) is 17.2 Å². The number of amides is 4. The molecule has 2 heterocycles. The van der Waals surface area contributed by atoms with Crippen molar-refractivity contribution in [3.63, 3.8) is 0 Å². The SMILES string of the molecule is COc1ccc(OC)c(C=Cc2ccc(N3C(=O)C4CC=C5C(CC6C(=O)N(Nc7ccc(C)cc7)C(=O)C6(c6ccccc6)C5c5c(O)ccc6ccccc56)C4C3=O)cc2)c1. The summed E-state index contributed by atoms with van der Waals surface area (Å²) in [5.41, 5.74) is 7.28. The zero-order chi connectivity index (χ0) is 43.6. The third kappa shape index (κ3) is 6.22. The number of hydrogen-bond acceptors (Lipinski definition) is 8. The third-order valence-electron chi connectivity index (χ3n) is 13.7. The lowest BCUT2D eigenvalue weighted by molar-refractivity contribution is -0.138. The van der Waals surface area contributed by atoms with Gasteiger partial charge in [0.25, 0.3) is 11.8 Å². The minimum atomic E-state index is -1.52. The largest absolute Gasteiger partial charge is 0.508 e. The molecule has 4 amide bonds. The normalized spacial score (nSPS) is 24.0. The Balaban J connectivity index is 1.07. The molecule has 0 radical (unpaired) electrons. The van der Waals surface area contributed by atoms with Crippen LogP contribution in [0.4, 0.5) is 11.4 Å². The number of ether oxygens (including phenoxy) is 2. The first kappa shape index (κ1) is 39.7. The van der Waals surface area contributed by atoms with Crippen LogP contribution in [0, 0.1) is 30.6 Å².